The molecule has 0 N–H and O–H groups in total. The molecule has 27 heavy (non-hydrogen) atoms. The molecule has 0 radical (unpaired) electrons. The molecule has 0 bridgehead atoms. The molecule has 0 amide bonds. The molecule has 2 spiro atoms. The number of ketones is 1. The highest BCUT2D eigenvalue weighted by atomic mass is 16.5. The second-order valence-electron chi connectivity index (χ2n) is 11.1. The van der Waals surface area contributed by atoms with E-state index < -0.39 is 0 Å². The molecule has 0 aromatic rings. The van der Waals surface area contributed by atoms with Gasteiger partial charge in [-0.2, -0.15) is 0 Å². The van der Waals surface area contributed by atoms with Crippen LogP contribution < -0.4 is 0 Å². The van der Waals surface area contributed by atoms with Gasteiger partial charge in [0.25, 0.3) is 0 Å². The summed E-state index contributed by atoms with van der Waals surface area (Å²) in [5.74, 6) is 5.49. The van der Waals surface area contributed by atoms with Crippen LogP contribution in [0.25, 0.3) is 0 Å². The Bertz CT molecular complexity index is 788. The SMILES string of the molecule is CC[C@]12CCC3C(CC4(CC4)C4=CC(=O)CC[C@@H]43)C1C1CC1[C@@]21C=CCO1. The highest BCUT2D eigenvalue weighted by Crippen LogP contribution is 2.80. The summed E-state index contributed by atoms with van der Waals surface area (Å²) < 4.78 is 6.62. The third kappa shape index (κ3) is 1.69. The van der Waals surface area contributed by atoms with Crippen molar-refractivity contribution in [2.75, 3.05) is 6.61 Å². The molecule has 2 nitrogen and oxygen atoms in total. The van der Waals surface area contributed by atoms with Crippen molar-refractivity contribution in [2.45, 2.75) is 70.3 Å². The van der Waals surface area contributed by atoms with Gasteiger partial charge in [-0.25, -0.2) is 0 Å². The minimum absolute atomic E-state index is 0.0808. The smallest absolute Gasteiger partial charge is 0.155 e. The molecule has 0 aromatic carbocycles. The van der Waals surface area contributed by atoms with Crippen LogP contribution in [0.4, 0.5) is 0 Å². The maximum atomic E-state index is 12.2. The molecular weight excluding hydrogens is 332 g/mol. The van der Waals surface area contributed by atoms with Crippen LogP contribution in [-0.4, -0.2) is 18.0 Å². The number of carbonyl (C=O) groups excluding carboxylic acids is 1. The lowest BCUT2D eigenvalue weighted by atomic mass is 9.46. The number of ether oxygens (including phenoxy) is 1. The maximum Gasteiger partial charge on any atom is 0.155 e. The van der Waals surface area contributed by atoms with Gasteiger partial charge < -0.3 is 4.74 Å². The van der Waals surface area contributed by atoms with Gasteiger partial charge in [-0.1, -0.05) is 24.6 Å². The first-order valence-electron chi connectivity index (χ1n) is 11.7. The van der Waals surface area contributed by atoms with Crippen LogP contribution in [0.3, 0.4) is 0 Å². The van der Waals surface area contributed by atoms with Gasteiger partial charge in [0.15, 0.2) is 5.78 Å². The van der Waals surface area contributed by atoms with Gasteiger partial charge in [-0.05, 0) is 98.4 Å². The van der Waals surface area contributed by atoms with Crippen molar-refractivity contribution >= 4 is 5.78 Å². The predicted octanol–water partition coefficient (Wildman–Crippen LogP) is 5.09. The molecule has 5 saturated carbocycles. The summed E-state index contributed by atoms with van der Waals surface area (Å²) in [6, 6.07) is 0. The van der Waals surface area contributed by atoms with Crippen LogP contribution in [0.5, 0.6) is 0 Å². The van der Waals surface area contributed by atoms with Gasteiger partial charge >= 0.3 is 0 Å². The molecule has 0 saturated heterocycles. The number of fused-ring (bicyclic) bond motifs is 10. The van der Waals surface area contributed by atoms with E-state index in [-0.39, 0.29) is 5.60 Å². The van der Waals surface area contributed by atoms with Crippen LogP contribution in [0.15, 0.2) is 23.8 Å². The summed E-state index contributed by atoms with van der Waals surface area (Å²) in [5, 5.41) is 0. The normalized spacial score (nSPS) is 55.7. The van der Waals surface area contributed by atoms with Crippen molar-refractivity contribution in [1.29, 1.82) is 0 Å². The van der Waals surface area contributed by atoms with E-state index in [4.69, 9.17) is 4.74 Å². The van der Waals surface area contributed by atoms with Gasteiger partial charge in [-0.3, -0.25) is 4.79 Å². The van der Waals surface area contributed by atoms with E-state index in [0.29, 0.717) is 16.6 Å². The third-order valence-corrected chi connectivity index (χ3v) is 10.6. The Labute approximate surface area is 162 Å². The first-order valence-corrected chi connectivity index (χ1v) is 11.7. The van der Waals surface area contributed by atoms with Crippen molar-refractivity contribution in [3.05, 3.63) is 23.8 Å². The molecule has 5 unspecified atom stereocenters. The fraction of sp³-hybridized carbons (Fsp3) is 0.800. The van der Waals surface area contributed by atoms with E-state index in [1.54, 1.807) is 5.57 Å². The third-order valence-electron chi connectivity index (χ3n) is 10.6. The van der Waals surface area contributed by atoms with Gasteiger partial charge in [0, 0.05) is 11.8 Å². The van der Waals surface area contributed by atoms with Crippen molar-refractivity contribution in [3.63, 3.8) is 0 Å². The van der Waals surface area contributed by atoms with E-state index in [2.05, 4.69) is 25.2 Å². The Morgan fingerprint density at radius 1 is 1.15 bits per heavy atom. The minimum atomic E-state index is 0.0808. The number of rotatable bonds is 1. The van der Waals surface area contributed by atoms with E-state index in [9.17, 15) is 4.79 Å². The Hall–Kier alpha value is -0.890. The fourth-order valence-corrected chi connectivity index (χ4v) is 9.61. The largest absolute Gasteiger partial charge is 0.366 e. The van der Waals surface area contributed by atoms with Crippen molar-refractivity contribution in [3.8, 4) is 0 Å². The number of allylic oxidation sites excluding steroid dienone is 1. The van der Waals surface area contributed by atoms with Crippen LogP contribution in [0.1, 0.15) is 64.7 Å². The van der Waals surface area contributed by atoms with Crippen molar-refractivity contribution in [2.24, 2.45) is 46.3 Å². The molecule has 7 rings (SSSR count). The van der Waals surface area contributed by atoms with Crippen LogP contribution in [0, 0.1) is 46.3 Å². The first-order chi connectivity index (χ1) is 13.1. The topological polar surface area (TPSA) is 26.3 Å². The summed E-state index contributed by atoms with van der Waals surface area (Å²) in [6.07, 6.45) is 18.4. The van der Waals surface area contributed by atoms with Gasteiger partial charge in [0.05, 0.1) is 12.2 Å². The molecule has 7 aliphatic rings. The molecule has 0 aromatic heterocycles. The Kier molecular flexibility index (Phi) is 2.84. The molecule has 1 heterocycles. The van der Waals surface area contributed by atoms with Crippen LogP contribution in [-0.2, 0) is 9.53 Å². The summed E-state index contributed by atoms with van der Waals surface area (Å²) >= 11 is 0. The van der Waals surface area contributed by atoms with E-state index >= 15 is 0 Å². The molecule has 8 atom stereocenters. The zero-order valence-electron chi connectivity index (χ0n) is 16.6. The quantitative estimate of drug-likeness (QED) is 0.606. The molecule has 1 aliphatic heterocycles. The summed E-state index contributed by atoms with van der Waals surface area (Å²) in [6.45, 7) is 3.29. The second kappa shape index (κ2) is 4.81. The van der Waals surface area contributed by atoms with Crippen LogP contribution >= 0.6 is 0 Å². The van der Waals surface area contributed by atoms with Crippen molar-refractivity contribution < 1.29 is 9.53 Å². The monoisotopic (exact) mass is 364 g/mol. The lowest BCUT2D eigenvalue weighted by Crippen LogP contribution is -2.56. The molecular formula is C25H32O2. The lowest BCUT2D eigenvalue weighted by Gasteiger charge is -2.59. The summed E-state index contributed by atoms with van der Waals surface area (Å²) in [7, 11) is 0. The Morgan fingerprint density at radius 3 is 2.78 bits per heavy atom. The van der Waals surface area contributed by atoms with E-state index in [0.717, 1.165) is 55.0 Å². The second-order valence-corrected chi connectivity index (χ2v) is 11.1. The van der Waals surface area contributed by atoms with E-state index in [1.165, 1.54) is 44.9 Å². The molecule has 2 heteroatoms. The number of hydrogen-bond acceptors (Lipinski definition) is 2. The number of hydrogen-bond donors (Lipinski definition) is 0. The maximum absolute atomic E-state index is 12.2. The Morgan fingerprint density at radius 2 is 2.04 bits per heavy atom. The zero-order chi connectivity index (χ0) is 18.0. The first kappa shape index (κ1) is 16.0. The highest BCUT2D eigenvalue weighted by molar-refractivity contribution is 5.91. The Balaban J connectivity index is 1.33. The fourth-order valence-electron chi connectivity index (χ4n) is 9.61. The zero-order valence-corrected chi connectivity index (χ0v) is 16.6. The highest BCUT2D eigenvalue weighted by Gasteiger charge is 2.78. The van der Waals surface area contributed by atoms with Gasteiger partial charge in [0.2, 0.25) is 0 Å². The standard InChI is InChI=1S/C25H32O2/c1-2-24-8-6-16-17-5-4-15(26)12-20(17)23(9-10-23)14-19(16)22(24)18-13-21(18)25(24)7-3-11-27-25/h3,7,12,16-19,21-22H,2,4-6,8-11,13-14H2,1H3/t16?,17-,18?,19?,21?,22?,24+,25+/m1/s1. The average molecular weight is 365 g/mol. The summed E-state index contributed by atoms with van der Waals surface area (Å²) in [5.41, 5.74) is 2.53. The van der Waals surface area contributed by atoms with E-state index in [1.807, 2.05) is 0 Å². The lowest BCUT2D eigenvalue weighted by molar-refractivity contribution is -0.146. The minimum Gasteiger partial charge on any atom is -0.366 e. The average Bonchev–Trinajstić information content (AvgIpc) is 3.58. The van der Waals surface area contributed by atoms with Gasteiger partial charge in [-0.15, -0.1) is 0 Å². The molecule has 144 valence electrons. The molecule has 5 fully saturated rings. The number of carbonyl (C=O) groups is 1. The van der Waals surface area contributed by atoms with Crippen LogP contribution in [0.2, 0.25) is 0 Å². The van der Waals surface area contributed by atoms with Crippen molar-refractivity contribution in [1.82, 2.24) is 0 Å². The summed E-state index contributed by atoms with van der Waals surface area (Å²) in [4.78, 5) is 12.2. The van der Waals surface area contributed by atoms with Gasteiger partial charge in [0.1, 0.15) is 0 Å². The predicted molar refractivity (Wildman–Crippen MR) is 104 cm³/mol. The molecule has 6 aliphatic carbocycles.